The quantitative estimate of drug-likeness (QED) is 0.215. The van der Waals surface area contributed by atoms with E-state index in [9.17, 15) is 31.5 Å². The maximum Gasteiger partial charge on any atom is 0.435 e. The lowest BCUT2D eigenvalue weighted by molar-refractivity contribution is -0.142. The summed E-state index contributed by atoms with van der Waals surface area (Å²) in [7, 11) is 0. The van der Waals surface area contributed by atoms with E-state index in [-0.39, 0.29) is 34.6 Å². The molecule has 244 valence electrons. The van der Waals surface area contributed by atoms with Gasteiger partial charge in [0.2, 0.25) is 5.91 Å². The molecule has 0 spiro atoms. The summed E-state index contributed by atoms with van der Waals surface area (Å²) in [4.78, 5) is 30.3. The molecule has 17 heteroatoms. The molecule has 5 N–H and O–H groups in total. The Kier molecular flexibility index (Phi) is 6.57. The molecule has 0 radical (unpaired) electrons. The van der Waals surface area contributed by atoms with Gasteiger partial charge < -0.3 is 11.5 Å². The molecule has 0 saturated heterocycles. The van der Waals surface area contributed by atoms with Gasteiger partial charge in [0.15, 0.2) is 11.3 Å². The zero-order valence-electron chi connectivity index (χ0n) is 24.1. The highest BCUT2D eigenvalue weighted by Gasteiger charge is 2.69. The van der Waals surface area contributed by atoms with Crippen LogP contribution >= 0.6 is 0 Å². The number of fused-ring (bicyclic) bond motifs is 4. The van der Waals surface area contributed by atoms with Crippen LogP contribution in [-0.4, -0.2) is 35.3 Å². The molecule has 47 heavy (non-hydrogen) atoms. The summed E-state index contributed by atoms with van der Waals surface area (Å²) in [6.45, 7) is 1.55. The zero-order chi connectivity index (χ0) is 33.7. The van der Waals surface area contributed by atoms with Crippen LogP contribution in [0.5, 0.6) is 0 Å². The highest BCUT2D eigenvalue weighted by Crippen LogP contribution is 2.69. The van der Waals surface area contributed by atoms with Gasteiger partial charge in [-0.1, -0.05) is 0 Å². The number of amides is 1. The van der Waals surface area contributed by atoms with Gasteiger partial charge in [0.05, 0.1) is 17.6 Å². The first-order valence-electron chi connectivity index (χ1n) is 14.2. The van der Waals surface area contributed by atoms with Crippen LogP contribution in [0.1, 0.15) is 58.2 Å². The second-order valence-corrected chi connectivity index (χ2v) is 11.8. The molecule has 7 rings (SSSR count). The number of alkyl halides is 5. The Morgan fingerprint density at radius 3 is 2.49 bits per heavy atom. The number of H-pyrrole nitrogens is 1. The van der Waals surface area contributed by atoms with E-state index in [1.165, 1.54) is 22.6 Å². The van der Waals surface area contributed by atoms with Crippen molar-refractivity contribution in [1.29, 1.82) is 0 Å². The van der Waals surface area contributed by atoms with Crippen molar-refractivity contribution in [2.24, 2.45) is 11.7 Å². The third-order valence-electron chi connectivity index (χ3n) is 8.88. The van der Waals surface area contributed by atoms with Crippen molar-refractivity contribution in [2.45, 2.75) is 49.7 Å². The number of aryl methyl sites for hydroxylation is 1. The van der Waals surface area contributed by atoms with Crippen molar-refractivity contribution in [3.63, 3.8) is 0 Å². The summed E-state index contributed by atoms with van der Waals surface area (Å²) in [6, 6.07) is 4.78. The minimum atomic E-state index is -5.15. The van der Waals surface area contributed by atoms with E-state index < -0.39 is 82.5 Å². The van der Waals surface area contributed by atoms with Crippen molar-refractivity contribution < 1.29 is 35.5 Å². The molecule has 1 unspecified atom stereocenters. The number of nitrogens with zero attached hydrogens (tertiary/aromatic N) is 5. The molecule has 0 aliphatic heterocycles. The lowest BCUT2D eigenvalue weighted by Crippen LogP contribution is -2.37. The zero-order valence-corrected chi connectivity index (χ0v) is 24.1. The number of halogens is 7. The van der Waals surface area contributed by atoms with Gasteiger partial charge in [-0.2, -0.15) is 32.1 Å². The molecule has 1 amide bonds. The maximum atomic E-state index is 15.7. The Hall–Kier alpha value is -5.22. The molecular formula is C30H23F7N8O2. The van der Waals surface area contributed by atoms with Crippen LogP contribution in [-0.2, 0) is 23.3 Å². The first-order chi connectivity index (χ1) is 22.1. The van der Waals surface area contributed by atoms with Crippen LogP contribution in [0, 0.1) is 24.5 Å². The van der Waals surface area contributed by atoms with Gasteiger partial charge in [0.25, 0.3) is 5.92 Å². The molecule has 1 aromatic carbocycles. The number of primary amides is 1. The maximum absolute atomic E-state index is 15.7. The number of anilines is 1. The van der Waals surface area contributed by atoms with E-state index >= 15 is 8.78 Å². The first kappa shape index (κ1) is 30.4. The number of hydrogen-bond acceptors (Lipinski definition) is 6. The number of benzene rings is 1. The second kappa shape index (κ2) is 10.1. The van der Waals surface area contributed by atoms with Crippen LogP contribution in [0.4, 0.5) is 36.4 Å². The number of aromatic nitrogens is 6. The SMILES string of the molecule is Cc1c(-c2cc(N)cnc2[C@@H](Cc2cc(F)cc(F)c2)C(C(N)=O)n2nc(C(F)(F)F)c3c2C(F)(F)[C@@H]2C[C@H]32)ccc2n[nH]c(=O)n12. The molecule has 1 fully saturated rings. The molecule has 4 heterocycles. The van der Waals surface area contributed by atoms with Crippen molar-refractivity contribution >= 4 is 17.2 Å². The van der Waals surface area contributed by atoms with Gasteiger partial charge in [-0.15, -0.1) is 0 Å². The fourth-order valence-electron chi connectivity index (χ4n) is 6.89. The third-order valence-corrected chi connectivity index (χ3v) is 8.88. The van der Waals surface area contributed by atoms with Crippen LogP contribution in [0.25, 0.3) is 16.8 Å². The standard InChI is InChI=1S/C30H23F7N8O2/c1-11-16(2-3-21-41-42-28(47)44(11)21)17-8-15(38)10-40-23(17)19(6-12-4-13(31)7-14(32)5-12)24(27(39)46)45-26-22(25(43-45)30(35,36)37)18-9-20(18)29(26,33)34/h2-5,7-8,10,18-20,24H,6,9,38H2,1H3,(H2,39,46)(H,42,47)/t18-,19+,20+,24?/m0/s1. The van der Waals surface area contributed by atoms with E-state index in [0.717, 1.165) is 18.3 Å². The van der Waals surface area contributed by atoms with Gasteiger partial charge in [-0.25, -0.2) is 27.8 Å². The van der Waals surface area contributed by atoms with Crippen molar-refractivity contribution in [3.8, 4) is 11.1 Å². The first-order valence-corrected chi connectivity index (χ1v) is 14.2. The number of aromatic amines is 1. The van der Waals surface area contributed by atoms with E-state index in [2.05, 4.69) is 20.3 Å². The second-order valence-electron chi connectivity index (χ2n) is 11.8. The molecule has 4 atom stereocenters. The fourth-order valence-corrected chi connectivity index (χ4v) is 6.89. The molecule has 2 aliphatic rings. The highest BCUT2D eigenvalue weighted by molar-refractivity contribution is 5.81. The van der Waals surface area contributed by atoms with Gasteiger partial charge in [0.1, 0.15) is 23.4 Å². The van der Waals surface area contributed by atoms with Crippen molar-refractivity contribution in [3.05, 3.63) is 98.6 Å². The Bertz CT molecular complexity index is 2150. The van der Waals surface area contributed by atoms with Gasteiger partial charge >= 0.3 is 11.9 Å². The Labute approximate surface area is 259 Å². The van der Waals surface area contributed by atoms with E-state index in [1.807, 2.05) is 0 Å². The lowest BCUT2D eigenvalue weighted by atomic mass is 9.84. The number of hydrogen-bond donors (Lipinski definition) is 3. The van der Waals surface area contributed by atoms with Crippen molar-refractivity contribution in [1.82, 2.24) is 29.4 Å². The molecule has 4 aromatic heterocycles. The summed E-state index contributed by atoms with van der Waals surface area (Å²) in [5.74, 6) is -11.2. The number of carbonyl (C=O) groups is 1. The van der Waals surface area contributed by atoms with Crippen LogP contribution < -0.4 is 17.2 Å². The number of rotatable bonds is 7. The molecule has 2 aliphatic carbocycles. The van der Waals surface area contributed by atoms with E-state index in [4.69, 9.17) is 11.5 Å². The lowest BCUT2D eigenvalue weighted by Gasteiger charge is -2.29. The number of nitrogens with one attached hydrogen (secondary N) is 1. The predicted molar refractivity (Wildman–Crippen MR) is 151 cm³/mol. The van der Waals surface area contributed by atoms with Crippen LogP contribution in [0.15, 0.2) is 47.4 Å². The molecule has 1 saturated carbocycles. The third kappa shape index (κ3) is 4.74. The average Bonchev–Trinajstić information content (AvgIpc) is 3.45. The summed E-state index contributed by atoms with van der Waals surface area (Å²) in [6.07, 6.45) is -4.71. The minimum Gasteiger partial charge on any atom is -0.397 e. The Morgan fingerprint density at radius 2 is 1.83 bits per heavy atom. The topological polar surface area (TPSA) is 150 Å². The number of pyridine rings is 2. The Balaban J connectivity index is 1.51. The molecule has 0 bridgehead atoms. The van der Waals surface area contributed by atoms with Crippen LogP contribution in [0.2, 0.25) is 0 Å². The van der Waals surface area contributed by atoms with Gasteiger partial charge in [0, 0.05) is 40.3 Å². The summed E-state index contributed by atoms with van der Waals surface area (Å²) >= 11 is 0. The normalized spacial score (nSPS) is 19.4. The predicted octanol–water partition coefficient (Wildman–Crippen LogP) is 4.73. The Morgan fingerprint density at radius 1 is 1.13 bits per heavy atom. The monoisotopic (exact) mass is 660 g/mol. The molecule has 10 nitrogen and oxygen atoms in total. The van der Waals surface area contributed by atoms with E-state index in [1.54, 1.807) is 6.92 Å². The fraction of sp³-hybridized carbons (Fsp3) is 0.300. The summed E-state index contributed by atoms with van der Waals surface area (Å²) < 4.78 is 104. The minimum absolute atomic E-state index is 0.0833. The van der Waals surface area contributed by atoms with Gasteiger partial charge in [-0.05, 0) is 61.6 Å². The largest absolute Gasteiger partial charge is 0.435 e. The number of nitrogens with two attached hydrogens (primary N) is 2. The van der Waals surface area contributed by atoms with E-state index in [0.29, 0.717) is 22.0 Å². The molecular weight excluding hydrogens is 637 g/mol. The summed E-state index contributed by atoms with van der Waals surface area (Å²) in [5.41, 5.74) is 8.78. The average molecular weight is 661 g/mol. The van der Waals surface area contributed by atoms with Crippen LogP contribution in [0.3, 0.4) is 0 Å². The molecule has 5 aromatic rings. The smallest absolute Gasteiger partial charge is 0.397 e. The highest BCUT2D eigenvalue weighted by atomic mass is 19.4. The number of nitrogen functional groups attached to an aromatic ring is 1. The number of carbonyl (C=O) groups excluding carboxylic acids is 1. The van der Waals surface area contributed by atoms with Gasteiger partial charge in [-0.3, -0.25) is 9.78 Å². The summed E-state index contributed by atoms with van der Waals surface area (Å²) in [5, 5.41) is 9.77. The van der Waals surface area contributed by atoms with Crippen molar-refractivity contribution in [2.75, 3.05) is 5.73 Å².